The van der Waals surface area contributed by atoms with Gasteiger partial charge in [0.1, 0.15) is 0 Å². The van der Waals surface area contributed by atoms with Gasteiger partial charge < -0.3 is 14.7 Å². The van der Waals surface area contributed by atoms with Crippen LogP contribution in [0, 0.1) is 17.0 Å². The van der Waals surface area contributed by atoms with Crippen LogP contribution in [0.2, 0.25) is 0 Å². The van der Waals surface area contributed by atoms with Gasteiger partial charge in [0.25, 0.3) is 0 Å². The van der Waals surface area contributed by atoms with E-state index >= 15 is 0 Å². The SMILES string of the molecule is Cc1cnc(N2CCOC(CC(=O)O)C2)c([N+](=O)[O-])c1. The summed E-state index contributed by atoms with van der Waals surface area (Å²) in [6.45, 7) is 2.79. The van der Waals surface area contributed by atoms with Gasteiger partial charge in [0.15, 0.2) is 0 Å². The lowest BCUT2D eigenvalue weighted by atomic mass is 10.2. The molecule has 1 atom stereocenters. The summed E-state index contributed by atoms with van der Waals surface area (Å²) < 4.78 is 5.34. The van der Waals surface area contributed by atoms with Crippen molar-refractivity contribution in [3.63, 3.8) is 0 Å². The molecule has 0 amide bonds. The van der Waals surface area contributed by atoms with Gasteiger partial charge in [-0.05, 0) is 12.5 Å². The van der Waals surface area contributed by atoms with Crippen molar-refractivity contribution in [1.82, 2.24) is 4.98 Å². The van der Waals surface area contributed by atoms with E-state index in [2.05, 4.69) is 4.98 Å². The number of hydrogen-bond acceptors (Lipinski definition) is 6. The molecule has 1 aromatic rings. The molecule has 8 nitrogen and oxygen atoms in total. The summed E-state index contributed by atoms with van der Waals surface area (Å²) in [6, 6.07) is 1.46. The minimum absolute atomic E-state index is 0.0685. The number of ether oxygens (including phenoxy) is 1. The second-order valence-electron chi connectivity index (χ2n) is 4.65. The normalized spacial score (nSPS) is 18.9. The lowest BCUT2D eigenvalue weighted by Crippen LogP contribution is -2.44. The number of morpholine rings is 1. The molecule has 1 unspecified atom stereocenters. The van der Waals surface area contributed by atoms with Crippen LogP contribution in [0.1, 0.15) is 12.0 Å². The first kappa shape index (κ1) is 14.2. The summed E-state index contributed by atoms with van der Waals surface area (Å²) >= 11 is 0. The third-order valence-electron chi connectivity index (χ3n) is 3.02. The van der Waals surface area contributed by atoms with Crippen LogP contribution in [0.5, 0.6) is 0 Å². The third kappa shape index (κ3) is 3.21. The van der Waals surface area contributed by atoms with Crippen molar-refractivity contribution < 1.29 is 19.6 Å². The lowest BCUT2D eigenvalue weighted by molar-refractivity contribution is -0.384. The second kappa shape index (κ2) is 5.83. The van der Waals surface area contributed by atoms with E-state index < -0.39 is 17.0 Å². The maximum absolute atomic E-state index is 11.1. The number of pyridine rings is 1. The van der Waals surface area contributed by atoms with E-state index in [4.69, 9.17) is 9.84 Å². The molecule has 108 valence electrons. The number of hydrogen-bond donors (Lipinski definition) is 1. The van der Waals surface area contributed by atoms with Gasteiger partial charge in [-0.2, -0.15) is 0 Å². The van der Waals surface area contributed by atoms with Gasteiger partial charge in [0.2, 0.25) is 5.82 Å². The van der Waals surface area contributed by atoms with Crippen molar-refractivity contribution in [2.24, 2.45) is 0 Å². The van der Waals surface area contributed by atoms with E-state index in [0.29, 0.717) is 18.7 Å². The lowest BCUT2D eigenvalue weighted by Gasteiger charge is -2.32. The zero-order valence-electron chi connectivity index (χ0n) is 11.0. The summed E-state index contributed by atoms with van der Waals surface area (Å²) in [5, 5.41) is 19.9. The van der Waals surface area contributed by atoms with E-state index in [0.717, 1.165) is 0 Å². The Bertz CT molecular complexity index is 534. The number of nitro groups is 1. The summed E-state index contributed by atoms with van der Waals surface area (Å²) in [5.41, 5.74) is 0.636. The fourth-order valence-electron chi connectivity index (χ4n) is 2.15. The monoisotopic (exact) mass is 281 g/mol. The van der Waals surface area contributed by atoms with Crippen molar-refractivity contribution in [1.29, 1.82) is 0 Å². The van der Waals surface area contributed by atoms with E-state index in [-0.39, 0.29) is 24.5 Å². The Hall–Kier alpha value is -2.22. The van der Waals surface area contributed by atoms with Gasteiger partial charge in [0, 0.05) is 25.4 Å². The fourth-order valence-corrected chi connectivity index (χ4v) is 2.15. The Morgan fingerprint density at radius 1 is 1.70 bits per heavy atom. The van der Waals surface area contributed by atoms with Gasteiger partial charge in [-0.3, -0.25) is 14.9 Å². The molecule has 2 rings (SSSR count). The largest absolute Gasteiger partial charge is 0.481 e. The number of carboxylic acid groups (broad SMARTS) is 1. The third-order valence-corrected chi connectivity index (χ3v) is 3.02. The maximum Gasteiger partial charge on any atom is 0.311 e. The number of aromatic nitrogens is 1. The van der Waals surface area contributed by atoms with Crippen LogP contribution >= 0.6 is 0 Å². The first-order chi connectivity index (χ1) is 9.47. The van der Waals surface area contributed by atoms with Crippen LogP contribution < -0.4 is 4.90 Å². The van der Waals surface area contributed by atoms with Crippen LogP contribution in [0.3, 0.4) is 0 Å². The number of aryl methyl sites for hydroxylation is 1. The van der Waals surface area contributed by atoms with E-state index in [1.165, 1.54) is 6.07 Å². The smallest absolute Gasteiger partial charge is 0.311 e. The standard InChI is InChI=1S/C12H15N3O5/c1-8-4-10(15(18)19)12(13-6-8)14-2-3-20-9(7-14)5-11(16)17/h4,6,9H,2-3,5,7H2,1H3,(H,16,17). The number of rotatable bonds is 4. The van der Waals surface area contributed by atoms with E-state index in [9.17, 15) is 14.9 Å². The molecule has 0 bridgehead atoms. The molecule has 1 aliphatic rings. The summed E-state index contributed by atoms with van der Waals surface area (Å²) in [7, 11) is 0. The minimum atomic E-state index is -0.955. The molecule has 0 saturated carbocycles. The molecule has 0 spiro atoms. The highest BCUT2D eigenvalue weighted by molar-refractivity contribution is 5.67. The molecule has 8 heteroatoms. The average Bonchev–Trinajstić information content (AvgIpc) is 2.38. The Morgan fingerprint density at radius 2 is 2.45 bits per heavy atom. The molecule has 2 heterocycles. The van der Waals surface area contributed by atoms with Crippen molar-refractivity contribution in [2.45, 2.75) is 19.4 Å². The Kier molecular flexibility index (Phi) is 4.14. The predicted octanol–water partition coefficient (Wildman–Crippen LogP) is 0.978. The van der Waals surface area contributed by atoms with Crippen LogP contribution in [0.15, 0.2) is 12.3 Å². The average molecular weight is 281 g/mol. The van der Waals surface area contributed by atoms with Gasteiger partial charge in [-0.15, -0.1) is 0 Å². The number of anilines is 1. The number of nitrogens with zero attached hydrogens (tertiary/aromatic N) is 3. The summed E-state index contributed by atoms with van der Waals surface area (Å²) in [4.78, 5) is 27.1. The fraction of sp³-hybridized carbons (Fsp3) is 0.500. The first-order valence-electron chi connectivity index (χ1n) is 6.16. The van der Waals surface area contributed by atoms with Crippen molar-refractivity contribution in [2.75, 3.05) is 24.6 Å². The highest BCUT2D eigenvalue weighted by Gasteiger charge is 2.28. The van der Waals surface area contributed by atoms with Gasteiger partial charge in [-0.1, -0.05) is 0 Å². The molecule has 0 aromatic carbocycles. The predicted molar refractivity (Wildman–Crippen MR) is 69.8 cm³/mol. The molecule has 0 radical (unpaired) electrons. The molecule has 1 aliphatic heterocycles. The van der Waals surface area contributed by atoms with Crippen LogP contribution in [-0.4, -0.2) is 46.8 Å². The Morgan fingerprint density at radius 3 is 3.10 bits per heavy atom. The second-order valence-corrected chi connectivity index (χ2v) is 4.65. The summed E-state index contributed by atoms with van der Waals surface area (Å²) in [6.07, 6.45) is 0.948. The minimum Gasteiger partial charge on any atom is -0.481 e. The number of carbonyl (C=O) groups is 1. The topological polar surface area (TPSA) is 106 Å². The molecule has 20 heavy (non-hydrogen) atoms. The molecular weight excluding hydrogens is 266 g/mol. The van der Waals surface area contributed by atoms with Crippen molar-refractivity contribution in [3.05, 3.63) is 27.9 Å². The van der Waals surface area contributed by atoms with Crippen LogP contribution in [0.25, 0.3) is 0 Å². The number of carboxylic acids is 1. The van der Waals surface area contributed by atoms with Gasteiger partial charge in [0.05, 0.1) is 24.1 Å². The molecule has 1 saturated heterocycles. The molecule has 1 fully saturated rings. The Balaban J connectivity index is 2.22. The first-order valence-corrected chi connectivity index (χ1v) is 6.16. The zero-order valence-corrected chi connectivity index (χ0v) is 11.0. The van der Waals surface area contributed by atoms with Crippen molar-refractivity contribution in [3.8, 4) is 0 Å². The van der Waals surface area contributed by atoms with Crippen LogP contribution in [-0.2, 0) is 9.53 Å². The van der Waals surface area contributed by atoms with Gasteiger partial charge in [-0.25, -0.2) is 4.98 Å². The van der Waals surface area contributed by atoms with E-state index in [1.54, 1.807) is 18.0 Å². The highest BCUT2D eigenvalue weighted by Crippen LogP contribution is 2.28. The highest BCUT2D eigenvalue weighted by atomic mass is 16.6. The maximum atomic E-state index is 11.1. The summed E-state index contributed by atoms with van der Waals surface area (Å²) in [5.74, 6) is -0.692. The van der Waals surface area contributed by atoms with Crippen LogP contribution in [0.4, 0.5) is 11.5 Å². The molecule has 0 aliphatic carbocycles. The number of aliphatic carboxylic acids is 1. The quantitative estimate of drug-likeness (QED) is 0.647. The molecular formula is C12H15N3O5. The Labute approximate surface area is 115 Å². The van der Waals surface area contributed by atoms with E-state index in [1.807, 2.05) is 0 Å². The van der Waals surface area contributed by atoms with Gasteiger partial charge >= 0.3 is 11.7 Å². The molecule has 1 aromatic heterocycles. The van der Waals surface area contributed by atoms with Crippen molar-refractivity contribution >= 4 is 17.5 Å². The molecule has 1 N–H and O–H groups in total. The zero-order chi connectivity index (χ0) is 14.7.